The molecule has 0 aliphatic heterocycles. The Kier molecular flexibility index (Phi) is 5.41. The molecule has 0 saturated heterocycles. The van der Waals surface area contributed by atoms with Gasteiger partial charge < -0.3 is 0 Å². The molecule has 2 nitrogen and oxygen atoms in total. The lowest BCUT2D eigenvalue weighted by atomic mass is 9.99. The fraction of sp³-hybridized carbons (Fsp3) is 0.143. The van der Waals surface area contributed by atoms with Crippen LogP contribution in [0.1, 0.15) is 17.2 Å². The van der Waals surface area contributed by atoms with Gasteiger partial charge in [0.25, 0.3) is 0 Å². The highest BCUT2D eigenvalue weighted by molar-refractivity contribution is 9.10. The summed E-state index contributed by atoms with van der Waals surface area (Å²) in [6, 6.07) is 9.44. The summed E-state index contributed by atoms with van der Waals surface area (Å²) in [5, 5.41) is 1.12. The lowest BCUT2D eigenvalue weighted by Crippen LogP contribution is -2.30. The fourth-order valence-corrected chi connectivity index (χ4v) is 3.05. The first kappa shape index (κ1) is 15.7. The highest BCUT2D eigenvalue weighted by Crippen LogP contribution is 2.31. The second kappa shape index (κ2) is 6.87. The molecule has 0 saturated carbocycles. The maximum atomic E-state index is 13.4. The summed E-state index contributed by atoms with van der Waals surface area (Å²) in [4.78, 5) is 0. The van der Waals surface area contributed by atoms with E-state index in [1.807, 2.05) is 0 Å². The van der Waals surface area contributed by atoms with Crippen molar-refractivity contribution in [3.8, 4) is 0 Å². The second-order valence-electron chi connectivity index (χ2n) is 4.29. The summed E-state index contributed by atoms with van der Waals surface area (Å²) < 4.78 is 14.2. The summed E-state index contributed by atoms with van der Waals surface area (Å²) in [5.41, 5.74) is 4.16. The van der Waals surface area contributed by atoms with Crippen molar-refractivity contribution in [3.63, 3.8) is 0 Å². The SMILES string of the molecule is NNC(Cc1c(Cl)cccc1Cl)c1cc(F)ccc1Br. The van der Waals surface area contributed by atoms with Crippen LogP contribution in [0.15, 0.2) is 40.9 Å². The third-order valence-electron chi connectivity index (χ3n) is 3.00. The van der Waals surface area contributed by atoms with E-state index in [1.165, 1.54) is 12.1 Å². The van der Waals surface area contributed by atoms with E-state index < -0.39 is 0 Å². The van der Waals surface area contributed by atoms with E-state index in [9.17, 15) is 4.39 Å². The fourth-order valence-electron chi connectivity index (χ4n) is 1.97. The number of hydrazine groups is 1. The first-order valence-electron chi connectivity index (χ1n) is 5.87. The molecular weight excluding hydrogens is 366 g/mol. The average molecular weight is 378 g/mol. The Morgan fingerprint density at radius 2 is 1.85 bits per heavy atom. The zero-order chi connectivity index (χ0) is 14.7. The Bertz CT molecular complexity index is 602. The van der Waals surface area contributed by atoms with Gasteiger partial charge in [0.1, 0.15) is 5.82 Å². The maximum Gasteiger partial charge on any atom is 0.123 e. The van der Waals surface area contributed by atoms with E-state index in [2.05, 4.69) is 21.4 Å². The van der Waals surface area contributed by atoms with Crippen LogP contribution in [0.2, 0.25) is 10.0 Å². The maximum absolute atomic E-state index is 13.4. The molecule has 2 rings (SSSR count). The van der Waals surface area contributed by atoms with E-state index in [1.54, 1.807) is 24.3 Å². The first-order valence-corrected chi connectivity index (χ1v) is 7.41. The first-order chi connectivity index (χ1) is 9.52. The molecule has 1 atom stereocenters. The summed E-state index contributed by atoms with van der Waals surface area (Å²) in [5.74, 6) is 5.27. The Balaban J connectivity index is 2.36. The Morgan fingerprint density at radius 1 is 1.20 bits per heavy atom. The van der Waals surface area contributed by atoms with Gasteiger partial charge in [-0.25, -0.2) is 4.39 Å². The lowest BCUT2D eigenvalue weighted by Gasteiger charge is -2.19. The number of rotatable bonds is 4. The van der Waals surface area contributed by atoms with Crippen LogP contribution >= 0.6 is 39.1 Å². The Hall–Kier alpha value is -0.650. The minimum absolute atomic E-state index is 0.308. The third kappa shape index (κ3) is 3.51. The van der Waals surface area contributed by atoms with Crippen LogP contribution < -0.4 is 11.3 Å². The van der Waals surface area contributed by atoms with Crippen molar-refractivity contribution in [2.75, 3.05) is 0 Å². The van der Waals surface area contributed by atoms with Crippen LogP contribution in [0.3, 0.4) is 0 Å². The number of hydrogen-bond acceptors (Lipinski definition) is 2. The van der Waals surface area contributed by atoms with Gasteiger partial charge in [0.05, 0.1) is 6.04 Å². The number of hydrogen-bond donors (Lipinski definition) is 2. The molecule has 2 aromatic rings. The Morgan fingerprint density at radius 3 is 2.45 bits per heavy atom. The highest BCUT2D eigenvalue weighted by atomic mass is 79.9. The molecular formula is C14H12BrCl2FN2. The quantitative estimate of drug-likeness (QED) is 0.601. The van der Waals surface area contributed by atoms with Crippen LogP contribution in [-0.2, 0) is 6.42 Å². The summed E-state index contributed by atoms with van der Waals surface area (Å²) in [6.07, 6.45) is 0.455. The average Bonchev–Trinajstić information content (AvgIpc) is 2.42. The molecule has 0 spiro atoms. The molecule has 1 unspecified atom stereocenters. The van der Waals surface area contributed by atoms with Crippen LogP contribution in [0, 0.1) is 5.82 Å². The number of benzene rings is 2. The van der Waals surface area contributed by atoms with Gasteiger partial charge in [-0.05, 0) is 47.9 Å². The molecule has 0 amide bonds. The molecule has 0 bridgehead atoms. The van der Waals surface area contributed by atoms with Gasteiger partial charge in [-0.1, -0.05) is 45.2 Å². The van der Waals surface area contributed by atoms with Gasteiger partial charge in [-0.15, -0.1) is 0 Å². The number of nitrogens with one attached hydrogen (secondary N) is 1. The zero-order valence-electron chi connectivity index (χ0n) is 10.3. The number of halogens is 4. The van der Waals surface area contributed by atoms with E-state index in [-0.39, 0.29) is 11.9 Å². The minimum Gasteiger partial charge on any atom is -0.271 e. The summed E-state index contributed by atoms with van der Waals surface area (Å²) in [6.45, 7) is 0. The van der Waals surface area contributed by atoms with Crippen molar-refractivity contribution in [1.82, 2.24) is 5.43 Å². The predicted molar refractivity (Wildman–Crippen MR) is 84.3 cm³/mol. The van der Waals surface area contributed by atoms with Crippen molar-refractivity contribution >= 4 is 39.1 Å². The van der Waals surface area contributed by atoms with E-state index in [0.717, 1.165) is 10.0 Å². The van der Waals surface area contributed by atoms with E-state index in [4.69, 9.17) is 29.0 Å². The molecule has 20 heavy (non-hydrogen) atoms. The molecule has 0 fully saturated rings. The summed E-state index contributed by atoms with van der Waals surface area (Å²) >= 11 is 15.7. The standard InChI is InChI=1S/C14H12BrCl2FN2/c15-11-5-4-8(18)6-9(11)14(20-19)7-10-12(16)2-1-3-13(10)17/h1-6,14,20H,7,19H2. The molecule has 6 heteroatoms. The van der Waals surface area contributed by atoms with E-state index in [0.29, 0.717) is 22.0 Å². The normalized spacial score (nSPS) is 12.4. The van der Waals surface area contributed by atoms with Crippen molar-refractivity contribution in [2.24, 2.45) is 5.84 Å². The minimum atomic E-state index is -0.325. The molecule has 106 valence electrons. The predicted octanol–water partition coefficient (Wildman–Crippen LogP) is 4.64. The molecule has 0 aliphatic rings. The van der Waals surface area contributed by atoms with Crippen LogP contribution in [-0.4, -0.2) is 0 Å². The molecule has 2 aromatic carbocycles. The van der Waals surface area contributed by atoms with Crippen LogP contribution in [0.4, 0.5) is 4.39 Å². The van der Waals surface area contributed by atoms with Gasteiger partial charge in [-0.3, -0.25) is 11.3 Å². The second-order valence-corrected chi connectivity index (χ2v) is 5.96. The molecule has 0 aromatic heterocycles. The largest absolute Gasteiger partial charge is 0.271 e. The zero-order valence-corrected chi connectivity index (χ0v) is 13.4. The number of nitrogens with two attached hydrogens (primary N) is 1. The monoisotopic (exact) mass is 376 g/mol. The van der Waals surface area contributed by atoms with Crippen molar-refractivity contribution in [1.29, 1.82) is 0 Å². The van der Waals surface area contributed by atoms with Gasteiger partial charge in [0.2, 0.25) is 0 Å². The lowest BCUT2D eigenvalue weighted by molar-refractivity contribution is 0.542. The smallest absolute Gasteiger partial charge is 0.123 e. The third-order valence-corrected chi connectivity index (χ3v) is 4.43. The van der Waals surface area contributed by atoms with Crippen molar-refractivity contribution in [2.45, 2.75) is 12.5 Å². The van der Waals surface area contributed by atoms with Gasteiger partial charge in [0.15, 0.2) is 0 Å². The van der Waals surface area contributed by atoms with Gasteiger partial charge in [-0.2, -0.15) is 0 Å². The van der Waals surface area contributed by atoms with Crippen LogP contribution in [0.5, 0.6) is 0 Å². The molecule has 3 N–H and O–H groups in total. The highest BCUT2D eigenvalue weighted by Gasteiger charge is 2.17. The Labute approximate surface area is 135 Å². The molecule has 0 aliphatic carbocycles. The molecule has 0 heterocycles. The topological polar surface area (TPSA) is 38.0 Å². The van der Waals surface area contributed by atoms with Crippen LogP contribution in [0.25, 0.3) is 0 Å². The van der Waals surface area contributed by atoms with E-state index >= 15 is 0 Å². The van der Waals surface area contributed by atoms with Crippen molar-refractivity contribution in [3.05, 3.63) is 67.9 Å². The summed E-state index contributed by atoms with van der Waals surface area (Å²) in [7, 11) is 0. The van der Waals surface area contributed by atoms with Gasteiger partial charge in [0, 0.05) is 14.5 Å². The molecule has 0 radical (unpaired) electrons. The van der Waals surface area contributed by atoms with Gasteiger partial charge >= 0.3 is 0 Å². The van der Waals surface area contributed by atoms with Crippen molar-refractivity contribution < 1.29 is 4.39 Å².